The maximum Gasteiger partial charge on any atom is 0.168 e. The lowest BCUT2D eigenvalue weighted by Crippen LogP contribution is -1.86. The number of nitrogens with zero attached hydrogens (tertiary/aromatic N) is 2. The predicted octanol–water partition coefficient (Wildman–Crippen LogP) is 1.83. The highest BCUT2D eigenvalue weighted by atomic mass is 35.5. The fourth-order valence-corrected chi connectivity index (χ4v) is 0.635. The van der Waals surface area contributed by atoms with E-state index in [2.05, 4.69) is 15.2 Å². The van der Waals surface area contributed by atoms with Crippen molar-refractivity contribution in [3.63, 3.8) is 0 Å². The number of aromatic nitrogens is 3. The summed E-state index contributed by atoms with van der Waals surface area (Å²) in [6.45, 7) is 3.68. The molecule has 1 rings (SSSR count). The zero-order valence-corrected chi connectivity index (χ0v) is 7.33. The predicted molar refractivity (Wildman–Crippen MR) is 42.6 cm³/mol. The monoisotopic (exact) mass is 181 g/mol. The van der Waals surface area contributed by atoms with Crippen LogP contribution >= 0.6 is 24.0 Å². The molecule has 0 aromatic carbocycles. The van der Waals surface area contributed by atoms with Gasteiger partial charge in [0, 0.05) is 0 Å². The van der Waals surface area contributed by atoms with E-state index in [4.69, 9.17) is 11.6 Å². The zero-order valence-electron chi connectivity index (χ0n) is 5.76. The Labute approximate surface area is 70.6 Å². The largest absolute Gasteiger partial charge is 0.263 e. The molecule has 5 heteroatoms. The van der Waals surface area contributed by atoms with E-state index in [0.717, 1.165) is 5.82 Å². The van der Waals surface area contributed by atoms with Crippen molar-refractivity contribution in [2.24, 2.45) is 0 Å². The smallest absolute Gasteiger partial charge is 0.168 e. The Morgan fingerprint density at radius 3 is 2.40 bits per heavy atom. The number of halogens is 2. The van der Waals surface area contributed by atoms with Crippen LogP contribution in [0, 0.1) is 6.92 Å². The lowest BCUT2D eigenvalue weighted by molar-refractivity contribution is 0.918. The van der Waals surface area contributed by atoms with Crippen molar-refractivity contribution >= 4 is 24.0 Å². The number of aromatic amines is 1. The van der Waals surface area contributed by atoms with Gasteiger partial charge >= 0.3 is 0 Å². The molecule has 0 spiro atoms. The first kappa shape index (κ1) is 9.72. The van der Waals surface area contributed by atoms with Gasteiger partial charge in [0.2, 0.25) is 0 Å². The Morgan fingerprint density at radius 1 is 1.60 bits per heavy atom. The summed E-state index contributed by atoms with van der Waals surface area (Å²) < 4.78 is 0. The van der Waals surface area contributed by atoms with Gasteiger partial charge < -0.3 is 0 Å². The first-order valence-corrected chi connectivity index (χ1v) is 3.17. The summed E-state index contributed by atoms with van der Waals surface area (Å²) in [4.78, 5) is 4.01. The fraction of sp³-hybridized carbons (Fsp3) is 0.600. The summed E-state index contributed by atoms with van der Waals surface area (Å²) in [6, 6.07) is 0. The summed E-state index contributed by atoms with van der Waals surface area (Å²) in [5.41, 5.74) is 0. The molecule has 0 saturated carbocycles. The van der Waals surface area contributed by atoms with Crippen LogP contribution in [0.5, 0.6) is 0 Å². The first-order chi connectivity index (χ1) is 4.20. The molecule has 1 aromatic heterocycles. The highest BCUT2D eigenvalue weighted by molar-refractivity contribution is 6.20. The number of nitrogens with one attached hydrogen (secondary N) is 1. The summed E-state index contributed by atoms with van der Waals surface area (Å²) in [7, 11) is 0. The van der Waals surface area contributed by atoms with E-state index in [1.54, 1.807) is 0 Å². The SMILES string of the molecule is Cc1nc(C(C)Cl)n[nH]1.Cl. The van der Waals surface area contributed by atoms with E-state index < -0.39 is 0 Å². The van der Waals surface area contributed by atoms with Gasteiger partial charge in [0.25, 0.3) is 0 Å². The van der Waals surface area contributed by atoms with Crippen molar-refractivity contribution in [2.75, 3.05) is 0 Å². The molecule has 0 aliphatic heterocycles. The molecule has 1 heterocycles. The molecule has 0 aliphatic rings. The van der Waals surface area contributed by atoms with Gasteiger partial charge in [-0.1, -0.05) is 0 Å². The number of hydrogen-bond acceptors (Lipinski definition) is 2. The van der Waals surface area contributed by atoms with Crippen LogP contribution in [0.4, 0.5) is 0 Å². The van der Waals surface area contributed by atoms with Crippen LogP contribution < -0.4 is 0 Å². The minimum absolute atomic E-state index is 0. The molecule has 0 saturated heterocycles. The second-order valence-electron chi connectivity index (χ2n) is 1.90. The molecule has 1 atom stereocenters. The van der Waals surface area contributed by atoms with Crippen molar-refractivity contribution in [3.05, 3.63) is 11.6 Å². The van der Waals surface area contributed by atoms with Gasteiger partial charge in [-0.25, -0.2) is 4.98 Å². The Hall–Kier alpha value is -0.280. The van der Waals surface area contributed by atoms with E-state index in [1.165, 1.54) is 0 Å². The number of hydrogen-bond donors (Lipinski definition) is 1. The normalized spacial score (nSPS) is 12.3. The molecule has 3 nitrogen and oxygen atoms in total. The van der Waals surface area contributed by atoms with Gasteiger partial charge in [0.05, 0.1) is 5.38 Å². The average molecular weight is 182 g/mol. The van der Waals surface area contributed by atoms with Gasteiger partial charge in [-0.3, -0.25) is 5.10 Å². The lowest BCUT2D eigenvalue weighted by Gasteiger charge is -1.89. The topological polar surface area (TPSA) is 41.6 Å². The second-order valence-corrected chi connectivity index (χ2v) is 2.55. The van der Waals surface area contributed by atoms with E-state index in [1.807, 2.05) is 13.8 Å². The highest BCUT2D eigenvalue weighted by Crippen LogP contribution is 2.13. The molecular weight excluding hydrogens is 173 g/mol. The number of alkyl halides is 1. The third kappa shape index (κ3) is 2.15. The molecule has 0 bridgehead atoms. The Balaban J connectivity index is 0.000000810. The summed E-state index contributed by atoms with van der Waals surface area (Å²) in [5, 5.41) is 6.45. The lowest BCUT2D eigenvalue weighted by atomic mass is 10.5. The average Bonchev–Trinajstić information content (AvgIpc) is 2.14. The fourth-order valence-electron chi connectivity index (χ4n) is 0.538. The second kappa shape index (κ2) is 3.78. The van der Waals surface area contributed by atoms with E-state index in [0.29, 0.717) is 5.82 Å². The molecule has 0 amide bonds. The molecule has 0 radical (unpaired) electrons. The van der Waals surface area contributed by atoms with Crippen LogP contribution in [-0.4, -0.2) is 15.2 Å². The van der Waals surface area contributed by atoms with Crippen molar-refractivity contribution in [1.29, 1.82) is 0 Å². The van der Waals surface area contributed by atoms with Gasteiger partial charge in [-0.05, 0) is 13.8 Å². The summed E-state index contributed by atoms with van der Waals surface area (Å²) >= 11 is 5.67. The summed E-state index contributed by atoms with van der Waals surface area (Å²) in [5.74, 6) is 1.46. The van der Waals surface area contributed by atoms with Crippen molar-refractivity contribution in [2.45, 2.75) is 19.2 Å². The van der Waals surface area contributed by atoms with Crippen molar-refractivity contribution in [1.82, 2.24) is 15.2 Å². The molecule has 1 aromatic rings. The van der Waals surface area contributed by atoms with E-state index >= 15 is 0 Å². The van der Waals surface area contributed by atoms with Gasteiger partial charge in [-0.15, -0.1) is 24.0 Å². The van der Waals surface area contributed by atoms with Crippen LogP contribution in [0.15, 0.2) is 0 Å². The zero-order chi connectivity index (χ0) is 6.85. The third-order valence-electron chi connectivity index (χ3n) is 0.970. The van der Waals surface area contributed by atoms with Crippen molar-refractivity contribution < 1.29 is 0 Å². The minimum Gasteiger partial charge on any atom is -0.263 e. The van der Waals surface area contributed by atoms with E-state index in [9.17, 15) is 0 Å². The van der Waals surface area contributed by atoms with Crippen LogP contribution in [0.2, 0.25) is 0 Å². The first-order valence-electron chi connectivity index (χ1n) is 2.73. The molecule has 58 valence electrons. The minimum atomic E-state index is -0.102. The summed E-state index contributed by atoms with van der Waals surface area (Å²) in [6.07, 6.45) is 0. The van der Waals surface area contributed by atoms with Crippen LogP contribution in [-0.2, 0) is 0 Å². The standard InChI is InChI=1S/C5H8ClN3.ClH/c1-3(6)5-7-4(2)8-9-5;/h3H,1-2H3,(H,7,8,9);1H. The van der Waals surface area contributed by atoms with Crippen LogP contribution in [0.1, 0.15) is 23.9 Å². The van der Waals surface area contributed by atoms with Gasteiger partial charge in [-0.2, -0.15) is 5.10 Å². The third-order valence-corrected chi connectivity index (χ3v) is 1.17. The van der Waals surface area contributed by atoms with Crippen molar-refractivity contribution in [3.8, 4) is 0 Å². The molecule has 1 unspecified atom stereocenters. The molecule has 10 heavy (non-hydrogen) atoms. The van der Waals surface area contributed by atoms with Crippen LogP contribution in [0.25, 0.3) is 0 Å². The molecule has 0 aliphatic carbocycles. The Kier molecular flexibility index (Phi) is 3.68. The maximum absolute atomic E-state index is 5.67. The van der Waals surface area contributed by atoms with Gasteiger partial charge in [0.1, 0.15) is 5.82 Å². The Bertz CT molecular complexity index is 197. The highest BCUT2D eigenvalue weighted by Gasteiger charge is 2.04. The maximum atomic E-state index is 5.67. The molecule has 0 fully saturated rings. The number of H-pyrrole nitrogens is 1. The quantitative estimate of drug-likeness (QED) is 0.673. The number of aryl methyl sites for hydroxylation is 1. The Morgan fingerprint density at radius 2 is 2.20 bits per heavy atom. The van der Waals surface area contributed by atoms with Gasteiger partial charge in [0.15, 0.2) is 5.82 Å². The van der Waals surface area contributed by atoms with Crippen LogP contribution in [0.3, 0.4) is 0 Å². The van der Waals surface area contributed by atoms with E-state index in [-0.39, 0.29) is 17.8 Å². The number of rotatable bonds is 1. The molecular formula is C5H9Cl2N3. The molecule has 1 N–H and O–H groups in total.